The molecule has 0 unspecified atom stereocenters. The molecule has 1 fully saturated rings. The van der Waals surface area contributed by atoms with Crippen LogP contribution >= 0.6 is 0 Å². The maximum atomic E-state index is 12.2. The van der Waals surface area contributed by atoms with Crippen molar-refractivity contribution in [2.24, 2.45) is 5.14 Å². The Bertz CT molecular complexity index is 943. The minimum absolute atomic E-state index is 0.0339. The lowest BCUT2D eigenvalue weighted by Crippen LogP contribution is -2.37. The molecule has 0 saturated carbocycles. The highest BCUT2D eigenvalue weighted by Crippen LogP contribution is 2.16. The zero-order valence-corrected chi connectivity index (χ0v) is 17.0. The number of amides is 2. The minimum Gasteiger partial charge on any atom is -0.378 e. The molecule has 0 aliphatic carbocycles. The number of primary sulfonamides is 1. The van der Waals surface area contributed by atoms with Crippen LogP contribution in [0.25, 0.3) is 0 Å². The van der Waals surface area contributed by atoms with E-state index in [0.717, 1.165) is 30.0 Å². The Hall–Kier alpha value is -2.69. The second-order valence-electron chi connectivity index (χ2n) is 6.78. The fraction of sp³-hybridized carbons (Fsp3) is 0.368. The fourth-order valence-electron chi connectivity index (χ4n) is 3.00. The number of ether oxygens (including phenoxy) is 1. The quantitative estimate of drug-likeness (QED) is 0.644. The van der Waals surface area contributed by atoms with E-state index in [9.17, 15) is 13.2 Å². The summed E-state index contributed by atoms with van der Waals surface area (Å²) in [5, 5.41) is 10.8. The third-order valence-corrected chi connectivity index (χ3v) is 5.58. The van der Waals surface area contributed by atoms with Crippen LogP contribution in [-0.2, 0) is 21.3 Å². The number of nitrogens with one attached hydrogen (secondary N) is 2. The van der Waals surface area contributed by atoms with Crippen LogP contribution in [0, 0.1) is 0 Å². The first-order valence-electron chi connectivity index (χ1n) is 9.28. The molecule has 1 aromatic heterocycles. The molecule has 10 heteroatoms. The molecule has 2 amide bonds. The van der Waals surface area contributed by atoms with E-state index in [1.807, 2.05) is 19.1 Å². The number of nitrogens with two attached hydrogens (primary N) is 1. The van der Waals surface area contributed by atoms with Gasteiger partial charge in [0, 0.05) is 25.8 Å². The van der Waals surface area contributed by atoms with Gasteiger partial charge in [-0.15, -0.1) is 0 Å². The number of hydrogen-bond donors (Lipinski definition) is 3. The van der Waals surface area contributed by atoms with Crippen molar-refractivity contribution >= 4 is 21.9 Å². The number of sulfonamides is 1. The molecule has 1 aliphatic rings. The van der Waals surface area contributed by atoms with Crippen molar-refractivity contribution in [1.29, 1.82) is 0 Å². The molecule has 2 aromatic rings. The summed E-state index contributed by atoms with van der Waals surface area (Å²) in [7, 11) is -3.73. The molecule has 0 spiro atoms. The number of aromatic nitrogens is 1. The summed E-state index contributed by atoms with van der Waals surface area (Å²) >= 11 is 0. The molecule has 1 atom stereocenters. The van der Waals surface area contributed by atoms with Crippen molar-refractivity contribution in [3.05, 3.63) is 53.7 Å². The van der Waals surface area contributed by atoms with E-state index >= 15 is 0 Å². The Morgan fingerprint density at radius 2 is 1.93 bits per heavy atom. The van der Waals surface area contributed by atoms with Gasteiger partial charge in [-0.05, 0) is 42.3 Å². The molecule has 1 aromatic carbocycles. The maximum absolute atomic E-state index is 12.2. The molecule has 9 nitrogen and oxygen atoms in total. The maximum Gasteiger partial charge on any atom is 0.315 e. The lowest BCUT2D eigenvalue weighted by molar-refractivity contribution is 0.122. The van der Waals surface area contributed by atoms with E-state index in [1.165, 1.54) is 12.1 Å². The SMILES string of the molecule is C[C@H](NC(=O)NCc1ccnc(N2CCOCC2)c1)c1ccc(S(N)(=O)=O)cc1. The largest absolute Gasteiger partial charge is 0.378 e. The molecule has 156 valence electrons. The molecular formula is C19H25N5O4S. The zero-order valence-electron chi connectivity index (χ0n) is 16.2. The number of anilines is 1. The van der Waals surface area contributed by atoms with Crippen molar-refractivity contribution in [2.45, 2.75) is 24.4 Å². The van der Waals surface area contributed by atoms with Gasteiger partial charge in [0.05, 0.1) is 24.2 Å². The van der Waals surface area contributed by atoms with Crippen LogP contribution in [-0.4, -0.2) is 45.7 Å². The first-order valence-corrected chi connectivity index (χ1v) is 10.8. The highest BCUT2D eigenvalue weighted by Gasteiger charge is 2.14. The Kier molecular flexibility index (Phi) is 6.68. The van der Waals surface area contributed by atoms with Crippen molar-refractivity contribution in [3.63, 3.8) is 0 Å². The Morgan fingerprint density at radius 1 is 1.24 bits per heavy atom. The first kappa shape index (κ1) is 21.0. The van der Waals surface area contributed by atoms with E-state index in [-0.39, 0.29) is 17.0 Å². The molecule has 3 rings (SSSR count). The van der Waals surface area contributed by atoms with Gasteiger partial charge in [-0.25, -0.2) is 23.3 Å². The van der Waals surface area contributed by atoms with Crippen LogP contribution in [0.5, 0.6) is 0 Å². The molecule has 0 bridgehead atoms. The standard InChI is InChI=1S/C19H25N5O4S/c1-14(16-2-4-17(5-3-16)29(20,26)27)23-19(25)22-13-15-6-7-21-18(12-15)24-8-10-28-11-9-24/h2-7,12,14H,8-11,13H2,1H3,(H2,20,26,27)(H2,22,23,25)/t14-/m0/s1. The van der Waals surface area contributed by atoms with Crippen LogP contribution in [0.4, 0.5) is 10.6 Å². The number of morpholine rings is 1. The number of urea groups is 1. The van der Waals surface area contributed by atoms with E-state index < -0.39 is 10.0 Å². The van der Waals surface area contributed by atoms with Gasteiger partial charge in [-0.2, -0.15) is 0 Å². The molecule has 4 N–H and O–H groups in total. The van der Waals surface area contributed by atoms with Gasteiger partial charge in [0.2, 0.25) is 10.0 Å². The van der Waals surface area contributed by atoms with E-state index in [4.69, 9.17) is 9.88 Å². The van der Waals surface area contributed by atoms with Crippen LogP contribution < -0.4 is 20.7 Å². The summed E-state index contributed by atoms with van der Waals surface area (Å²) in [5.74, 6) is 0.872. The number of pyridine rings is 1. The van der Waals surface area contributed by atoms with E-state index in [0.29, 0.717) is 19.8 Å². The average molecular weight is 420 g/mol. The monoisotopic (exact) mass is 419 g/mol. The Morgan fingerprint density at radius 3 is 2.59 bits per heavy atom. The van der Waals surface area contributed by atoms with Crippen LogP contribution in [0.1, 0.15) is 24.1 Å². The summed E-state index contributed by atoms with van der Waals surface area (Å²) in [6, 6.07) is 9.30. The van der Waals surface area contributed by atoms with Crippen LogP contribution in [0.3, 0.4) is 0 Å². The topological polar surface area (TPSA) is 127 Å². The van der Waals surface area contributed by atoms with Gasteiger partial charge in [0.15, 0.2) is 0 Å². The first-order chi connectivity index (χ1) is 13.8. The van der Waals surface area contributed by atoms with Crippen molar-refractivity contribution < 1.29 is 17.9 Å². The van der Waals surface area contributed by atoms with Gasteiger partial charge in [-0.3, -0.25) is 0 Å². The molecule has 0 radical (unpaired) electrons. The number of rotatable bonds is 6. The fourth-order valence-corrected chi connectivity index (χ4v) is 3.51. The third-order valence-electron chi connectivity index (χ3n) is 4.65. The number of carbonyl (C=O) groups excluding carboxylic acids is 1. The van der Waals surface area contributed by atoms with Gasteiger partial charge in [0.25, 0.3) is 0 Å². The lowest BCUT2D eigenvalue weighted by atomic mass is 10.1. The Labute approximate surface area is 170 Å². The molecule has 1 saturated heterocycles. The summed E-state index contributed by atoms with van der Waals surface area (Å²) in [4.78, 5) is 18.8. The van der Waals surface area contributed by atoms with Crippen molar-refractivity contribution in [2.75, 3.05) is 31.2 Å². The van der Waals surface area contributed by atoms with Crippen molar-refractivity contribution in [3.8, 4) is 0 Å². The summed E-state index contributed by atoms with van der Waals surface area (Å²) in [6.45, 7) is 5.14. The lowest BCUT2D eigenvalue weighted by Gasteiger charge is -2.28. The predicted molar refractivity (Wildman–Crippen MR) is 109 cm³/mol. The number of hydrogen-bond acceptors (Lipinski definition) is 6. The Balaban J connectivity index is 1.53. The summed E-state index contributed by atoms with van der Waals surface area (Å²) in [5.41, 5.74) is 1.72. The second-order valence-corrected chi connectivity index (χ2v) is 8.35. The van der Waals surface area contributed by atoms with Crippen LogP contribution in [0.2, 0.25) is 0 Å². The molecule has 2 heterocycles. The van der Waals surface area contributed by atoms with Gasteiger partial charge in [-0.1, -0.05) is 12.1 Å². The third kappa shape index (κ3) is 5.89. The van der Waals surface area contributed by atoms with E-state index in [2.05, 4.69) is 20.5 Å². The molecule has 1 aliphatic heterocycles. The smallest absolute Gasteiger partial charge is 0.315 e. The van der Waals surface area contributed by atoms with Crippen LogP contribution in [0.15, 0.2) is 47.5 Å². The van der Waals surface area contributed by atoms with Gasteiger partial charge < -0.3 is 20.3 Å². The predicted octanol–water partition coefficient (Wildman–Crippen LogP) is 1.13. The summed E-state index contributed by atoms with van der Waals surface area (Å²) in [6.07, 6.45) is 1.73. The highest BCUT2D eigenvalue weighted by molar-refractivity contribution is 7.89. The average Bonchev–Trinajstić information content (AvgIpc) is 2.72. The van der Waals surface area contributed by atoms with E-state index in [1.54, 1.807) is 18.3 Å². The van der Waals surface area contributed by atoms with Gasteiger partial charge in [0.1, 0.15) is 5.82 Å². The number of nitrogens with zero attached hydrogens (tertiary/aromatic N) is 2. The van der Waals surface area contributed by atoms with Crippen molar-refractivity contribution in [1.82, 2.24) is 15.6 Å². The van der Waals surface area contributed by atoms with Gasteiger partial charge >= 0.3 is 6.03 Å². The number of carbonyl (C=O) groups is 1. The second kappa shape index (κ2) is 9.21. The molecule has 29 heavy (non-hydrogen) atoms. The minimum atomic E-state index is -3.73. The highest BCUT2D eigenvalue weighted by atomic mass is 32.2. The number of benzene rings is 1. The normalized spacial score (nSPS) is 15.6. The molecular weight excluding hydrogens is 394 g/mol. The zero-order chi connectivity index (χ0) is 20.9. The summed E-state index contributed by atoms with van der Waals surface area (Å²) < 4.78 is 28.0.